The quantitative estimate of drug-likeness (QED) is 0.628. The van der Waals surface area contributed by atoms with Gasteiger partial charge in [-0.15, -0.1) is 0 Å². The molecule has 0 spiro atoms. The Hall–Kier alpha value is -1.03. The zero-order valence-corrected chi connectivity index (χ0v) is 8.41. The summed E-state index contributed by atoms with van der Waals surface area (Å²) in [7, 11) is 0. The Morgan fingerprint density at radius 1 is 1.38 bits per heavy atom. The molecule has 0 aliphatic carbocycles. The molecule has 0 saturated heterocycles. The number of carbonyl (C=O) groups excluding carboxylic acids is 1. The van der Waals surface area contributed by atoms with Gasteiger partial charge in [0.15, 0.2) is 11.5 Å². The Morgan fingerprint density at radius 3 is 2.69 bits per heavy atom. The molecule has 0 unspecified atom stereocenters. The van der Waals surface area contributed by atoms with Crippen molar-refractivity contribution in [3.05, 3.63) is 23.8 Å². The predicted octanol–water partition coefficient (Wildman–Crippen LogP) is 1.60. The van der Waals surface area contributed by atoms with Crippen LogP contribution in [0.5, 0.6) is 11.5 Å². The van der Waals surface area contributed by atoms with E-state index in [4.69, 9.17) is 5.11 Å². The summed E-state index contributed by atoms with van der Waals surface area (Å²) in [6.45, 7) is 0. The molecule has 0 atom stereocenters. The standard InChI is InChI=1S/C9H9BrO3/c10-5-7(11)4-6-2-1-3-8(12)9(6)13/h1-3,12-13H,4-5H2. The van der Waals surface area contributed by atoms with Crippen molar-refractivity contribution in [2.24, 2.45) is 0 Å². The number of aromatic hydroxyl groups is 2. The summed E-state index contributed by atoms with van der Waals surface area (Å²) < 4.78 is 0. The Morgan fingerprint density at radius 2 is 2.08 bits per heavy atom. The molecule has 4 heteroatoms. The minimum atomic E-state index is -0.211. The van der Waals surface area contributed by atoms with Gasteiger partial charge >= 0.3 is 0 Å². The molecular formula is C9H9BrO3. The number of carbonyl (C=O) groups is 1. The fraction of sp³-hybridized carbons (Fsp3) is 0.222. The van der Waals surface area contributed by atoms with Crippen LogP contribution in [-0.4, -0.2) is 21.3 Å². The number of rotatable bonds is 3. The van der Waals surface area contributed by atoms with E-state index >= 15 is 0 Å². The van der Waals surface area contributed by atoms with Gasteiger partial charge < -0.3 is 10.2 Å². The van der Waals surface area contributed by atoms with Crippen molar-refractivity contribution >= 4 is 21.7 Å². The summed E-state index contributed by atoms with van der Waals surface area (Å²) in [5, 5.41) is 18.7. The number of halogens is 1. The highest BCUT2D eigenvalue weighted by Gasteiger charge is 2.08. The molecule has 0 aliphatic heterocycles. The van der Waals surface area contributed by atoms with Crippen molar-refractivity contribution in [1.29, 1.82) is 0 Å². The lowest BCUT2D eigenvalue weighted by Gasteiger charge is -2.03. The molecule has 0 radical (unpaired) electrons. The second kappa shape index (κ2) is 4.28. The molecule has 0 fully saturated rings. The number of phenols is 2. The van der Waals surface area contributed by atoms with E-state index in [1.165, 1.54) is 6.07 Å². The first-order valence-electron chi connectivity index (χ1n) is 3.72. The van der Waals surface area contributed by atoms with E-state index in [0.717, 1.165) is 0 Å². The Bertz CT molecular complexity index is 323. The minimum absolute atomic E-state index is 0.0408. The van der Waals surface area contributed by atoms with Gasteiger partial charge in [-0.3, -0.25) is 4.79 Å². The van der Waals surface area contributed by atoms with Crippen LogP contribution in [0, 0.1) is 0 Å². The van der Waals surface area contributed by atoms with Gasteiger partial charge in [-0.2, -0.15) is 0 Å². The van der Waals surface area contributed by atoms with Gasteiger partial charge in [-0.05, 0) is 6.07 Å². The average Bonchev–Trinajstić information content (AvgIpc) is 2.13. The van der Waals surface area contributed by atoms with E-state index in [2.05, 4.69) is 15.9 Å². The van der Waals surface area contributed by atoms with Gasteiger partial charge in [-0.1, -0.05) is 28.1 Å². The molecule has 2 N–H and O–H groups in total. The number of Topliss-reactive ketones (excluding diaryl/α,β-unsaturated/α-hetero) is 1. The first-order valence-corrected chi connectivity index (χ1v) is 4.84. The van der Waals surface area contributed by atoms with Gasteiger partial charge in [-0.25, -0.2) is 0 Å². The average molecular weight is 245 g/mol. The largest absolute Gasteiger partial charge is 0.504 e. The third-order valence-corrected chi connectivity index (χ3v) is 2.26. The molecule has 0 amide bonds. The Balaban J connectivity index is 2.89. The molecule has 0 aliphatic rings. The minimum Gasteiger partial charge on any atom is -0.504 e. The molecule has 0 bridgehead atoms. The SMILES string of the molecule is O=C(CBr)Cc1cccc(O)c1O. The number of alkyl halides is 1. The second-order valence-electron chi connectivity index (χ2n) is 2.63. The molecule has 0 aromatic heterocycles. The molecule has 13 heavy (non-hydrogen) atoms. The summed E-state index contributed by atoms with van der Waals surface area (Å²) in [6, 6.07) is 4.57. The van der Waals surface area contributed by atoms with E-state index in [-0.39, 0.29) is 29.0 Å². The topological polar surface area (TPSA) is 57.5 Å². The van der Waals surface area contributed by atoms with Gasteiger partial charge in [0.2, 0.25) is 0 Å². The number of para-hydroxylation sites is 1. The summed E-state index contributed by atoms with van der Waals surface area (Å²) in [5.41, 5.74) is 0.449. The van der Waals surface area contributed by atoms with Crippen LogP contribution in [0.25, 0.3) is 0 Å². The van der Waals surface area contributed by atoms with Crippen LogP contribution in [0.2, 0.25) is 0 Å². The summed E-state index contributed by atoms with van der Waals surface area (Å²) in [6.07, 6.45) is 0.130. The number of hydrogen-bond acceptors (Lipinski definition) is 3. The van der Waals surface area contributed by atoms with Crippen molar-refractivity contribution in [3.8, 4) is 11.5 Å². The van der Waals surface area contributed by atoms with Crippen molar-refractivity contribution in [3.63, 3.8) is 0 Å². The molecular weight excluding hydrogens is 236 g/mol. The third-order valence-electron chi connectivity index (χ3n) is 1.63. The van der Waals surface area contributed by atoms with E-state index in [1.54, 1.807) is 12.1 Å². The smallest absolute Gasteiger partial charge is 0.161 e. The molecule has 3 nitrogen and oxygen atoms in total. The maximum atomic E-state index is 11.0. The third kappa shape index (κ3) is 2.45. The van der Waals surface area contributed by atoms with Gasteiger partial charge in [0.1, 0.15) is 5.78 Å². The maximum absolute atomic E-state index is 11.0. The summed E-state index contributed by atoms with van der Waals surface area (Å²) in [5.74, 6) is -0.447. The number of benzene rings is 1. The highest BCUT2D eigenvalue weighted by molar-refractivity contribution is 9.09. The highest BCUT2D eigenvalue weighted by Crippen LogP contribution is 2.28. The van der Waals surface area contributed by atoms with Crippen LogP contribution in [0.1, 0.15) is 5.56 Å². The molecule has 0 saturated carbocycles. The van der Waals surface area contributed by atoms with E-state index in [1.807, 2.05) is 0 Å². The van der Waals surface area contributed by atoms with Crippen LogP contribution in [-0.2, 0) is 11.2 Å². The lowest BCUT2D eigenvalue weighted by Crippen LogP contribution is -2.03. The van der Waals surface area contributed by atoms with Crippen molar-refractivity contribution in [2.75, 3.05) is 5.33 Å². The zero-order chi connectivity index (χ0) is 9.84. The van der Waals surface area contributed by atoms with Crippen molar-refractivity contribution in [1.82, 2.24) is 0 Å². The Labute approximate surface area is 84.1 Å². The molecule has 1 rings (SSSR count). The molecule has 1 aromatic rings. The number of ketones is 1. The summed E-state index contributed by atoms with van der Waals surface area (Å²) in [4.78, 5) is 11.0. The molecule has 0 heterocycles. The van der Waals surface area contributed by atoms with Gasteiger partial charge in [0.25, 0.3) is 0 Å². The fourth-order valence-corrected chi connectivity index (χ4v) is 1.18. The molecule has 70 valence electrons. The first-order chi connectivity index (χ1) is 6.15. The first kappa shape index (κ1) is 10.1. The zero-order valence-electron chi connectivity index (χ0n) is 6.83. The normalized spacial score (nSPS) is 9.92. The summed E-state index contributed by atoms with van der Waals surface area (Å²) >= 11 is 3.02. The van der Waals surface area contributed by atoms with Crippen LogP contribution >= 0.6 is 15.9 Å². The van der Waals surface area contributed by atoms with Crippen LogP contribution < -0.4 is 0 Å². The maximum Gasteiger partial charge on any atom is 0.161 e. The Kier molecular flexibility index (Phi) is 3.31. The predicted molar refractivity (Wildman–Crippen MR) is 52.3 cm³/mol. The van der Waals surface area contributed by atoms with Crippen molar-refractivity contribution < 1.29 is 15.0 Å². The van der Waals surface area contributed by atoms with Crippen LogP contribution in [0.3, 0.4) is 0 Å². The lowest BCUT2D eigenvalue weighted by molar-refractivity contribution is -0.115. The molecule has 1 aromatic carbocycles. The monoisotopic (exact) mass is 244 g/mol. The number of phenolic OH excluding ortho intramolecular Hbond substituents is 2. The lowest BCUT2D eigenvalue weighted by atomic mass is 10.1. The second-order valence-corrected chi connectivity index (χ2v) is 3.19. The van der Waals surface area contributed by atoms with E-state index in [0.29, 0.717) is 5.56 Å². The van der Waals surface area contributed by atoms with Crippen molar-refractivity contribution in [2.45, 2.75) is 6.42 Å². The van der Waals surface area contributed by atoms with Crippen LogP contribution in [0.15, 0.2) is 18.2 Å². The highest BCUT2D eigenvalue weighted by atomic mass is 79.9. The van der Waals surface area contributed by atoms with E-state index in [9.17, 15) is 9.90 Å². The fourth-order valence-electron chi connectivity index (χ4n) is 0.980. The van der Waals surface area contributed by atoms with Crippen LogP contribution in [0.4, 0.5) is 0 Å². The number of hydrogen-bond donors (Lipinski definition) is 2. The van der Waals surface area contributed by atoms with Gasteiger partial charge in [0.05, 0.1) is 5.33 Å². The van der Waals surface area contributed by atoms with E-state index < -0.39 is 0 Å². The van der Waals surface area contributed by atoms with Gasteiger partial charge in [0, 0.05) is 12.0 Å².